The second-order valence-corrected chi connectivity index (χ2v) is 4.97. The number of hydrogen-bond acceptors (Lipinski definition) is 4. The SMILES string of the molecule is NCCN1CCN(c2nccc3ccccc23)CC1. The van der Waals surface area contributed by atoms with E-state index in [9.17, 15) is 0 Å². The Bertz CT molecular complexity index is 541. The number of aromatic nitrogens is 1. The van der Waals surface area contributed by atoms with Crippen LogP contribution < -0.4 is 10.6 Å². The molecular weight excluding hydrogens is 236 g/mol. The van der Waals surface area contributed by atoms with Crippen LogP contribution in [0.5, 0.6) is 0 Å². The summed E-state index contributed by atoms with van der Waals surface area (Å²) in [5.41, 5.74) is 5.61. The molecular formula is C15H20N4. The Labute approximate surface area is 113 Å². The van der Waals surface area contributed by atoms with Gasteiger partial charge in [-0.05, 0) is 11.5 Å². The summed E-state index contributed by atoms with van der Waals surface area (Å²) in [5, 5.41) is 2.51. The maximum absolute atomic E-state index is 5.61. The van der Waals surface area contributed by atoms with Crippen LogP contribution in [0.3, 0.4) is 0 Å². The second-order valence-electron chi connectivity index (χ2n) is 4.97. The van der Waals surface area contributed by atoms with Crippen LogP contribution in [0.1, 0.15) is 0 Å². The first kappa shape index (κ1) is 12.4. The van der Waals surface area contributed by atoms with Crippen LogP contribution in [-0.2, 0) is 0 Å². The monoisotopic (exact) mass is 256 g/mol. The lowest BCUT2D eigenvalue weighted by molar-refractivity contribution is 0.264. The van der Waals surface area contributed by atoms with Crippen molar-refractivity contribution in [2.45, 2.75) is 0 Å². The van der Waals surface area contributed by atoms with E-state index in [1.165, 1.54) is 10.8 Å². The minimum atomic E-state index is 0.743. The van der Waals surface area contributed by atoms with E-state index in [0.717, 1.165) is 45.1 Å². The number of rotatable bonds is 3. The molecule has 0 atom stereocenters. The number of nitrogens with two attached hydrogens (primary N) is 1. The third kappa shape index (κ3) is 2.55. The number of hydrogen-bond donors (Lipinski definition) is 1. The first-order valence-electron chi connectivity index (χ1n) is 6.89. The fourth-order valence-corrected chi connectivity index (χ4v) is 2.72. The van der Waals surface area contributed by atoms with Gasteiger partial charge in [0.15, 0.2) is 0 Å². The molecule has 0 amide bonds. The van der Waals surface area contributed by atoms with Crippen LogP contribution in [0.25, 0.3) is 10.8 Å². The van der Waals surface area contributed by atoms with Gasteiger partial charge in [0.2, 0.25) is 0 Å². The van der Waals surface area contributed by atoms with E-state index in [1.54, 1.807) is 0 Å². The average molecular weight is 256 g/mol. The summed E-state index contributed by atoms with van der Waals surface area (Å²) in [5.74, 6) is 1.12. The maximum atomic E-state index is 5.61. The van der Waals surface area contributed by atoms with Crippen LogP contribution in [0.4, 0.5) is 5.82 Å². The van der Waals surface area contributed by atoms with Crippen molar-refractivity contribution in [1.82, 2.24) is 9.88 Å². The zero-order valence-electron chi connectivity index (χ0n) is 11.1. The topological polar surface area (TPSA) is 45.4 Å². The molecule has 1 saturated heterocycles. The smallest absolute Gasteiger partial charge is 0.136 e. The molecule has 1 aliphatic heterocycles. The van der Waals surface area contributed by atoms with Crippen LogP contribution in [0.2, 0.25) is 0 Å². The molecule has 0 saturated carbocycles. The Morgan fingerprint density at radius 3 is 2.63 bits per heavy atom. The Kier molecular flexibility index (Phi) is 3.62. The highest BCUT2D eigenvalue weighted by atomic mass is 15.3. The Morgan fingerprint density at radius 2 is 1.84 bits per heavy atom. The van der Waals surface area contributed by atoms with Gasteiger partial charge in [-0.15, -0.1) is 0 Å². The van der Waals surface area contributed by atoms with E-state index >= 15 is 0 Å². The molecule has 1 aromatic heterocycles. The average Bonchev–Trinajstić information content (AvgIpc) is 2.48. The van der Waals surface area contributed by atoms with Crippen molar-refractivity contribution in [3.63, 3.8) is 0 Å². The number of benzene rings is 1. The highest BCUT2D eigenvalue weighted by molar-refractivity contribution is 5.92. The summed E-state index contributed by atoms with van der Waals surface area (Å²) in [6, 6.07) is 10.5. The van der Waals surface area contributed by atoms with Crippen molar-refractivity contribution in [2.24, 2.45) is 5.73 Å². The minimum Gasteiger partial charge on any atom is -0.354 e. The largest absolute Gasteiger partial charge is 0.354 e. The molecule has 2 aromatic rings. The quantitative estimate of drug-likeness (QED) is 0.899. The Morgan fingerprint density at radius 1 is 1.05 bits per heavy atom. The second kappa shape index (κ2) is 5.55. The lowest BCUT2D eigenvalue weighted by atomic mass is 10.1. The molecule has 0 aliphatic carbocycles. The molecule has 4 nitrogen and oxygen atoms in total. The summed E-state index contributed by atoms with van der Waals surface area (Å²) in [4.78, 5) is 9.39. The lowest BCUT2D eigenvalue weighted by Crippen LogP contribution is -2.48. The molecule has 19 heavy (non-hydrogen) atoms. The summed E-state index contributed by atoms with van der Waals surface area (Å²) in [6.45, 7) is 5.94. The molecule has 4 heteroatoms. The third-order valence-corrected chi connectivity index (χ3v) is 3.77. The van der Waals surface area contributed by atoms with E-state index < -0.39 is 0 Å². The number of piperazine rings is 1. The van der Waals surface area contributed by atoms with Gasteiger partial charge >= 0.3 is 0 Å². The molecule has 0 radical (unpaired) electrons. The third-order valence-electron chi connectivity index (χ3n) is 3.77. The molecule has 2 N–H and O–H groups in total. The van der Waals surface area contributed by atoms with E-state index in [2.05, 4.69) is 45.1 Å². The van der Waals surface area contributed by atoms with E-state index in [1.807, 2.05) is 6.20 Å². The summed E-state index contributed by atoms with van der Waals surface area (Å²) >= 11 is 0. The van der Waals surface area contributed by atoms with Gasteiger partial charge in [0.25, 0.3) is 0 Å². The van der Waals surface area contributed by atoms with E-state index in [-0.39, 0.29) is 0 Å². The normalized spacial score (nSPS) is 17.0. The Hall–Kier alpha value is -1.65. The van der Waals surface area contributed by atoms with Crippen molar-refractivity contribution in [2.75, 3.05) is 44.2 Å². The summed E-state index contributed by atoms with van der Waals surface area (Å²) in [7, 11) is 0. The Balaban J connectivity index is 1.82. The highest BCUT2D eigenvalue weighted by Gasteiger charge is 2.18. The minimum absolute atomic E-state index is 0.743. The zero-order valence-corrected chi connectivity index (χ0v) is 11.1. The number of nitrogens with zero attached hydrogens (tertiary/aromatic N) is 3. The molecule has 0 bridgehead atoms. The predicted molar refractivity (Wildman–Crippen MR) is 79.5 cm³/mol. The van der Waals surface area contributed by atoms with Crippen molar-refractivity contribution >= 4 is 16.6 Å². The highest BCUT2D eigenvalue weighted by Crippen LogP contribution is 2.24. The van der Waals surface area contributed by atoms with Crippen molar-refractivity contribution in [3.8, 4) is 0 Å². The van der Waals surface area contributed by atoms with Gasteiger partial charge in [-0.3, -0.25) is 4.90 Å². The van der Waals surface area contributed by atoms with Gasteiger partial charge in [0.05, 0.1) is 0 Å². The van der Waals surface area contributed by atoms with E-state index in [0.29, 0.717) is 0 Å². The molecule has 1 aliphatic rings. The van der Waals surface area contributed by atoms with Crippen LogP contribution in [0.15, 0.2) is 36.5 Å². The molecule has 1 aromatic carbocycles. The molecule has 1 fully saturated rings. The van der Waals surface area contributed by atoms with Gasteiger partial charge in [0, 0.05) is 50.9 Å². The van der Waals surface area contributed by atoms with Crippen LogP contribution >= 0.6 is 0 Å². The first-order valence-corrected chi connectivity index (χ1v) is 6.89. The predicted octanol–water partition coefficient (Wildman–Crippen LogP) is 1.32. The lowest BCUT2D eigenvalue weighted by Gasteiger charge is -2.35. The first-order chi connectivity index (χ1) is 9.38. The summed E-state index contributed by atoms with van der Waals surface area (Å²) < 4.78 is 0. The maximum Gasteiger partial charge on any atom is 0.136 e. The van der Waals surface area contributed by atoms with Crippen molar-refractivity contribution in [3.05, 3.63) is 36.5 Å². The number of pyridine rings is 1. The fraction of sp³-hybridized carbons (Fsp3) is 0.400. The molecule has 2 heterocycles. The molecule has 0 spiro atoms. The van der Waals surface area contributed by atoms with Gasteiger partial charge in [-0.2, -0.15) is 0 Å². The van der Waals surface area contributed by atoms with Gasteiger partial charge in [-0.25, -0.2) is 4.98 Å². The van der Waals surface area contributed by atoms with Crippen LogP contribution in [0, 0.1) is 0 Å². The fourth-order valence-electron chi connectivity index (χ4n) is 2.72. The van der Waals surface area contributed by atoms with Crippen LogP contribution in [-0.4, -0.2) is 49.2 Å². The standard InChI is InChI=1S/C15H20N4/c16-6-8-18-9-11-19(12-10-18)15-14-4-2-1-3-13(14)5-7-17-15/h1-5,7H,6,8-12,16H2. The number of anilines is 1. The number of fused-ring (bicyclic) bond motifs is 1. The van der Waals surface area contributed by atoms with Crippen molar-refractivity contribution < 1.29 is 0 Å². The molecule has 0 unspecified atom stereocenters. The van der Waals surface area contributed by atoms with Gasteiger partial charge in [-0.1, -0.05) is 24.3 Å². The van der Waals surface area contributed by atoms with Crippen molar-refractivity contribution in [1.29, 1.82) is 0 Å². The zero-order chi connectivity index (χ0) is 13.1. The van der Waals surface area contributed by atoms with Gasteiger partial charge < -0.3 is 10.6 Å². The van der Waals surface area contributed by atoms with Gasteiger partial charge in [0.1, 0.15) is 5.82 Å². The van der Waals surface area contributed by atoms with E-state index in [4.69, 9.17) is 5.73 Å². The summed E-state index contributed by atoms with van der Waals surface area (Å²) in [6.07, 6.45) is 1.91. The molecule has 3 rings (SSSR count). The molecule has 100 valence electrons.